The first-order chi connectivity index (χ1) is 8.98. The molecule has 5 heteroatoms. The van der Waals surface area contributed by atoms with Crippen LogP contribution in [0.5, 0.6) is 0 Å². The smallest absolute Gasteiger partial charge is 0.288 e. The third-order valence-electron chi connectivity index (χ3n) is 2.84. The molecule has 19 heavy (non-hydrogen) atoms. The molecular formula is C14H14BrF2NS. The predicted molar refractivity (Wildman–Crippen MR) is 78.8 cm³/mol. The summed E-state index contributed by atoms with van der Waals surface area (Å²) in [5.41, 5.74) is 1.02. The summed E-state index contributed by atoms with van der Waals surface area (Å²) in [6, 6.07) is 12.2. The van der Waals surface area contributed by atoms with Crippen LogP contribution < -0.4 is 0 Å². The van der Waals surface area contributed by atoms with Crippen LogP contribution in [0.2, 0.25) is 0 Å². The highest BCUT2D eigenvalue weighted by atomic mass is 79.9. The molecule has 0 aliphatic carbocycles. The largest absolute Gasteiger partial charge is 0.321 e. The Balaban J connectivity index is 2.20. The molecule has 0 amide bonds. The maximum atomic E-state index is 13.8. The Bertz CT molecular complexity index is 496. The van der Waals surface area contributed by atoms with Gasteiger partial charge < -0.3 is 0 Å². The molecule has 0 spiro atoms. The summed E-state index contributed by atoms with van der Waals surface area (Å²) in [5.74, 6) is 0. The van der Waals surface area contributed by atoms with E-state index < -0.39 is 10.9 Å². The van der Waals surface area contributed by atoms with Crippen molar-refractivity contribution >= 4 is 27.3 Å². The van der Waals surface area contributed by atoms with E-state index in [1.54, 1.807) is 24.1 Å². The molecule has 0 saturated heterocycles. The summed E-state index contributed by atoms with van der Waals surface area (Å²) in [6.45, 7) is 0.477. The maximum absolute atomic E-state index is 13.8. The SMILES string of the molecule is CN(Cc1ccccc1)C(c1cccs1)C(F)(F)Br. The Morgan fingerprint density at radius 1 is 1.21 bits per heavy atom. The lowest BCUT2D eigenvalue weighted by atomic mass is 10.1. The van der Waals surface area contributed by atoms with Gasteiger partial charge in [-0.05, 0) is 40.0 Å². The van der Waals surface area contributed by atoms with Crippen molar-refractivity contribution in [2.45, 2.75) is 17.4 Å². The Hall–Kier alpha value is -0.780. The van der Waals surface area contributed by atoms with Crippen molar-refractivity contribution in [3.8, 4) is 0 Å². The van der Waals surface area contributed by atoms with Crippen molar-refractivity contribution in [2.75, 3.05) is 7.05 Å². The molecular weight excluding hydrogens is 332 g/mol. The number of nitrogens with zero attached hydrogens (tertiary/aromatic N) is 1. The van der Waals surface area contributed by atoms with Gasteiger partial charge in [-0.3, -0.25) is 4.90 Å². The Morgan fingerprint density at radius 2 is 1.89 bits per heavy atom. The van der Waals surface area contributed by atoms with Crippen molar-refractivity contribution in [3.05, 3.63) is 58.3 Å². The lowest BCUT2D eigenvalue weighted by Gasteiger charge is -2.30. The second-order valence-electron chi connectivity index (χ2n) is 4.36. The zero-order valence-electron chi connectivity index (χ0n) is 10.4. The molecule has 0 fully saturated rings. The number of alkyl halides is 3. The third kappa shape index (κ3) is 3.84. The van der Waals surface area contributed by atoms with Crippen molar-refractivity contribution in [1.82, 2.24) is 4.90 Å². The van der Waals surface area contributed by atoms with Crippen LogP contribution >= 0.6 is 27.3 Å². The highest BCUT2D eigenvalue weighted by molar-refractivity contribution is 9.10. The molecule has 0 saturated carbocycles. The predicted octanol–water partition coefficient (Wildman–Crippen LogP) is 4.91. The molecule has 0 radical (unpaired) electrons. The minimum atomic E-state index is -2.96. The van der Waals surface area contributed by atoms with Crippen LogP contribution in [0, 0.1) is 0 Å². The van der Waals surface area contributed by atoms with Crippen LogP contribution in [0.15, 0.2) is 47.8 Å². The molecule has 2 rings (SSSR count). The average molecular weight is 346 g/mol. The van der Waals surface area contributed by atoms with Gasteiger partial charge in [0.15, 0.2) is 0 Å². The lowest BCUT2D eigenvalue weighted by molar-refractivity contribution is 0.00960. The molecule has 0 aliphatic rings. The highest BCUT2D eigenvalue weighted by Gasteiger charge is 2.41. The molecule has 1 nitrogen and oxygen atoms in total. The first-order valence-corrected chi connectivity index (χ1v) is 7.50. The van der Waals surface area contributed by atoms with E-state index in [0.29, 0.717) is 11.4 Å². The van der Waals surface area contributed by atoms with Crippen LogP contribution in [0.3, 0.4) is 0 Å². The van der Waals surface area contributed by atoms with Gasteiger partial charge in [0.2, 0.25) is 0 Å². The monoisotopic (exact) mass is 345 g/mol. The minimum absolute atomic E-state index is 0.477. The van der Waals surface area contributed by atoms with E-state index >= 15 is 0 Å². The van der Waals surface area contributed by atoms with Gasteiger partial charge >= 0.3 is 4.83 Å². The summed E-state index contributed by atoms with van der Waals surface area (Å²) in [4.78, 5) is -0.641. The molecule has 102 valence electrons. The van der Waals surface area contributed by atoms with Gasteiger partial charge in [-0.15, -0.1) is 11.3 Å². The number of halogens is 3. The molecule has 1 aromatic carbocycles. The summed E-state index contributed by atoms with van der Waals surface area (Å²) in [5, 5.41) is 1.82. The summed E-state index contributed by atoms with van der Waals surface area (Å²) in [7, 11) is 1.71. The lowest BCUT2D eigenvalue weighted by Crippen LogP contribution is -2.34. The fraction of sp³-hybridized carbons (Fsp3) is 0.286. The second-order valence-corrected chi connectivity index (χ2v) is 6.40. The number of thiophene rings is 1. The topological polar surface area (TPSA) is 3.24 Å². The standard InChI is InChI=1S/C14H14BrF2NS/c1-18(10-11-6-3-2-4-7-11)13(14(15,16)17)12-8-5-9-19-12/h2-9,13H,10H2,1H3. The third-order valence-corrected chi connectivity index (χ3v) is 4.20. The molecule has 0 N–H and O–H groups in total. The summed E-state index contributed by atoms with van der Waals surface area (Å²) in [6.07, 6.45) is 0. The van der Waals surface area contributed by atoms with E-state index in [2.05, 4.69) is 15.9 Å². The van der Waals surface area contributed by atoms with Gasteiger partial charge in [0.05, 0.1) is 0 Å². The van der Waals surface area contributed by atoms with Gasteiger partial charge in [0.1, 0.15) is 6.04 Å². The van der Waals surface area contributed by atoms with E-state index in [1.165, 1.54) is 11.3 Å². The fourth-order valence-electron chi connectivity index (χ4n) is 2.04. The van der Waals surface area contributed by atoms with Gasteiger partial charge in [0.25, 0.3) is 0 Å². The van der Waals surface area contributed by atoms with Crippen LogP contribution in [-0.4, -0.2) is 16.8 Å². The van der Waals surface area contributed by atoms with Crippen molar-refractivity contribution in [3.63, 3.8) is 0 Å². The maximum Gasteiger partial charge on any atom is 0.321 e. The van der Waals surface area contributed by atoms with E-state index in [0.717, 1.165) is 5.56 Å². The molecule has 1 aromatic heterocycles. The average Bonchev–Trinajstić information content (AvgIpc) is 2.82. The zero-order valence-corrected chi connectivity index (χ0v) is 12.8. The molecule has 1 unspecified atom stereocenters. The van der Waals surface area contributed by atoms with E-state index in [9.17, 15) is 8.78 Å². The molecule has 0 bridgehead atoms. The number of hydrogen-bond donors (Lipinski definition) is 0. The van der Waals surface area contributed by atoms with Gasteiger partial charge in [-0.25, -0.2) is 0 Å². The molecule has 1 atom stereocenters. The molecule has 0 aliphatic heterocycles. The zero-order chi connectivity index (χ0) is 13.9. The second kappa shape index (κ2) is 6.11. The number of hydrogen-bond acceptors (Lipinski definition) is 2. The molecule has 1 heterocycles. The van der Waals surface area contributed by atoms with Gasteiger partial charge in [0, 0.05) is 11.4 Å². The van der Waals surface area contributed by atoms with Crippen LogP contribution in [-0.2, 0) is 6.54 Å². The fourth-order valence-corrected chi connectivity index (χ4v) is 3.71. The normalized spacial score (nSPS) is 13.7. The van der Waals surface area contributed by atoms with E-state index in [-0.39, 0.29) is 0 Å². The Morgan fingerprint density at radius 3 is 2.42 bits per heavy atom. The van der Waals surface area contributed by atoms with Crippen LogP contribution in [0.1, 0.15) is 16.5 Å². The summed E-state index contributed by atoms with van der Waals surface area (Å²) < 4.78 is 27.6. The van der Waals surface area contributed by atoms with Crippen molar-refractivity contribution in [2.24, 2.45) is 0 Å². The van der Waals surface area contributed by atoms with E-state index in [4.69, 9.17) is 0 Å². The number of rotatable bonds is 5. The number of benzene rings is 1. The highest BCUT2D eigenvalue weighted by Crippen LogP contribution is 2.42. The van der Waals surface area contributed by atoms with Crippen molar-refractivity contribution in [1.29, 1.82) is 0 Å². The first-order valence-electron chi connectivity index (χ1n) is 5.83. The van der Waals surface area contributed by atoms with Crippen LogP contribution in [0.25, 0.3) is 0 Å². The first kappa shape index (κ1) is 14.6. The van der Waals surface area contributed by atoms with Crippen LogP contribution in [0.4, 0.5) is 8.78 Å². The quantitative estimate of drug-likeness (QED) is 0.696. The van der Waals surface area contributed by atoms with E-state index in [1.807, 2.05) is 35.7 Å². The Kier molecular flexibility index (Phi) is 4.71. The summed E-state index contributed by atoms with van der Waals surface area (Å²) >= 11 is 3.86. The molecule has 2 aromatic rings. The Labute approximate surface area is 124 Å². The van der Waals surface area contributed by atoms with Crippen molar-refractivity contribution < 1.29 is 8.78 Å². The minimum Gasteiger partial charge on any atom is -0.288 e. The van der Waals surface area contributed by atoms with Gasteiger partial charge in [-0.2, -0.15) is 8.78 Å². The van der Waals surface area contributed by atoms with Gasteiger partial charge in [-0.1, -0.05) is 36.4 Å².